The first-order valence-corrected chi connectivity index (χ1v) is 4.79. The molecule has 0 unspecified atom stereocenters. The van der Waals surface area contributed by atoms with E-state index in [0.717, 1.165) is 6.29 Å². The summed E-state index contributed by atoms with van der Waals surface area (Å²) in [6.07, 6.45) is 2.79. The summed E-state index contributed by atoms with van der Waals surface area (Å²) >= 11 is 0. The van der Waals surface area contributed by atoms with E-state index < -0.39 is 10.8 Å². The van der Waals surface area contributed by atoms with Crippen LogP contribution in [-0.2, 0) is 4.79 Å². The van der Waals surface area contributed by atoms with Crippen molar-refractivity contribution in [1.29, 1.82) is 0 Å². The molecule has 5 heteroatoms. The highest BCUT2D eigenvalue weighted by atomic mass is 16.6. The second-order valence-corrected chi connectivity index (χ2v) is 3.35. The Morgan fingerprint density at radius 3 is 2.80 bits per heavy atom. The van der Waals surface area contributed by atoms with Gasteiger partial charge in [0.1, 0.15) is 12.0 Å². The number of aldehydes is 1. The van der Waals surface area contributed by atoms with Crippen molar-refractivity contribution in [3.63, 3.8) is 0 Å². The standard InChI is InChI=1S/C10H13NO4/c1-2-8(7-12)9(6-11(13)14)10-4-3-5-15-10/h3-5,7-9H,2,6H2,1H3/t8-,9+/m1/s1. The molecule has 5 nitrogen and oxygen atoms in total. The third-order valence-electron chi connectivity index (χ3n) is 2.42. The van der Waals surface area contributed by atoms with Crippen LogP contribution in [0.3, 0.4) is 0 Å². The number of furan rings is 1. The zero-order valence-corrected chi connectivity index (χ0v) is 8.46. The van der Waals surface area contributed by atoms with Gasteiger partial charge in [-0.25, -0.2) is 0 Å². The fraction of sp³-hybridized carbons (Fsp3) is 0.500. The first-order chi connectivity index (χ1) is 7.19. The zero-order chi connectivity index (χ0) is 11.3. The molecule has 0 radical (unpaired) electrons. The van der Waals surface area contributed by atoms with E-state index >= 15 is 0 Å². The van der Waals surface area contributed by atoms with E-state index in [1.807, 2.05) is 6.92 Å². The molecular formula is C10H13NO4. The first-order valence-electron chi connectivity index (χ1n) is 4.79. The van der Waals surface area contributed by atoms with Crippen LogP contribution in [0.4, 0.5) is 0 Å². The van der Waals surface area contributed by atoms with Gasteiger partial charge >= 0.3 is 0 Å². The highest BCUT2D eigenvalue weighted by Crippen LogP contribution is 2.26. The van der Waals surface area contributed by atoms with E-state index in [1.54, 1.807) is 12.1 Å². The van der Waals surface area contributed by atoms with E-state index in [2.05, 4.69) is 0 Å². The van der Waals surface area contributed by atoms with Gasteiger partial charge < -0.3 is 9.21 Å². The van der Waals surface area contributed by atoms with Crippen LogP contribution in [0.5, 0.6) is 0 Å². The Morgan fingerprint density at radius 1 is 1.67 bits per heavy atom. The molecule has 0 bridgehead atoms. The Balaban J connectivity index is 2.86. The van der Waals surface area contributed by atoms with E-state index in [1.165, 1.54) is 6.26 Å². The summed E-state index contributed by atoms with van der Waals surface area (Å²) in [5.74, 6) is -0.315. The summed E-state index contributed by atoms with van der Waals surface area (Å²) in [6, 6.07) is 3.33. The van der Waals surface area contributed by atoms with Crippen LogP contribution in [0.25, 0.3) is 0 Å². The molecule has 0 N–H and O–H groups in total. The van der Waals surface area contributed by atoms with Gasteiger partial charge in [-0.15, -0.1) is 0 Å². The summed E-state index contributed by atoms with van der Waals surface area (Å²) in [5, 5.41) is 10.5. The summed E-state index contributed by atoms with van der Waals surface area (Å²) in [6.45, 7) is 1.56. The van der Waals surface area contributed by atoms with Crippen molar-refractivity contribution in [2.45, 2.75) is 19.3 Å². The molecule has 15 heavy (non-hydrogen) atoms. The molecule has 0 aliphatic carbocycles. The monoisotopic (exact) mass is 211 g/mol. The number of hydrogen-bond donors (Lipinski definition) is 0. The average Bonchev–Trinajstić information content (AvgIpc) is 2.70. The molecule has 1 aromatic rings. The fourth-order valence-corrected chi connectivity index (χ4v) is 1.57. The van der Waals surface area contributed by atoms with Crippen LogP contribution in [0, 0.1) is 16.0 Å². The Labute approximate surface area is 87.2 Å². The summed E-state index contributed by atoms with van der Waals surface area (Å²) in [7, 11) is 0. The van der Waals surface area contributed by atoms with Crippen molar-refractivity contribution >= 4 is 6.29 Å². The number of carbonyl (C=O) groups is 1. The van der Waals surface area contributed by atoms with Crippen LogP contribution in [0.2, 0.25) is 0 Å². The van der Waals surface area contributed by atoms with Crippen molar-refractivity contribution in [3.8, 4) is 0 Å². The fourth-order valence-electron chi connectivity index (χ4n) is 1.57. The van der Waals surface area contributed by atoms with Crippen molar-refractivity contribution in [2.75, 3.05) is 6.54 Å². The van der Waals surface area contributed by atoms with E-state index in [9.17, 15) is 14.9 Å². The van der Waals surface area contributed by atoms with Gasteiger partial charge in [-0.3, -0.25) is 10.1 Å². The zero-order valence-electron chi connectivity index (χ0n) is 8.46. The molecular weight excluding hydrogens is 198 g/mol. The largest absolute Gasteiger partial charge is 0.469 e. The highest BCUT2D eigenvalue weighted by molar-refractivity contribution is 5.55. The summed E-state index contributed by atoms with van der Waals surface area (Å²) in [5.41, 5.74) is 0. The van der Waals surface area contributed by atoms with Crippen LogP contribution < -0.4 is 0 Å². The van der Waals surface area contributed by atoms with Gasteiger partial charge in [-0.1, -0.05) is 6.92 Å². The lowest BCUT2D eigenvalue weighted by Gasteiger charge is -2.15. The minimum Gasteiger partial charge on any atom is -0.469 e. The van der Waals surface area contributed by atoms with Crippen molar-refractivity contribution in [1.82, 2.24) is 0 Å². The van der Waals surface area contributed by atoms with Gasteiger partial charge in [0.15, 0.2) is 0 Å². The van der Waals surface area contributed by atoms with E-state index in [4.69, 9.17) is 4.42 Å². The van der Waals surface area contributed by atoms with Gasteiger partial charge in [0.2, 0.25) is 6.54 Å². The summed E-state index contributed by atoms with van der Waals surface area (Å²) < 4.78 is 5.12. The second-order valence-electron chi connectivity index (χ2n) is 3.35. The molecule has 1 aromatic heterocycles. The number of hydrogen-bond acceptors (Lipinski definition) is 4. The van der Waals surface area contributed by atoms with Gasteiger partial charge in [0.25, 0.3) is 0 Å². The van der Waals surface area contributed by atoms with Crippen molar-refractivity contribution in [2.24, 2.45) is 5.92 Å². The van der Waals surface area contributed by atoms with Crippen LogP contribution in [0.15, 0.2) is 22.8 Å². The first kappa shape index (κ1) is 11.4. The molecule has 0 saturated heterocycles. The predicted molar refractivity (Wildman–Crippen MR) is 53.2 cm³/mol. The van der Waals surface area contributed by atoms with Crippen LogP contribution in [0.1, 0.15) is 25.0 Å². The Bertz CT molecular complexity index is 320. The van der Waals surface area contributed by atoms with Crippen LogP contribution in [-0.4, -0.2) is 17.8 Å². The molecule has 0 aliphatic rings. The van der Waals surface area contributed by atoms with Gasteiger partial charge in [-0.2, -0.15) is 0 Å². The van der Waals surface area contributed by atoms with E-state index in [-0.39, 0.29) is 12.5 Å². The van der Waals surface area contributed by atoms with E-state index in [0.29, 0.717) is 12.2 Å². The topological polar surface area (TPSA) is 73.3 Å². The highest BCUT2D eigenvalue weighted by Gasteiger charge is 2.28. The van der Waals surface area contributed by atoms with Gasteiger partial charge in [0.05, 0.1) is 12.2 Å². The Hall–Kier alpha value is -1.65. The molecule has 1 heterocycles. The lowest BCUT2D eigenvalue weighted by molar-refractivity contribution is -0.484. The Kier molecular flexibility index (Phi) is 4.03. The number of carbonyl (C=O) groups excluding carboxylic acids is 1. The maximum absolute atomic E-state index is 10.8. The van der Waals surface area contributed by atoms with Crippen molar-refractivity contribution in [3.05, 3.63) is 34.3 Å². The molecule has 0 amide bonds. The maximum atomic E-state index is 10.8. The SMILES string of the molecule is CC[C@H](C=O)[C@H](C[N+](=O)[O-])c1ccco1. The minimum absolute atomic E-state index is 0.273. The molecule has 0 fully saturated rings. The molecule has 0 aromatic carbocycles. The number of rotatable bonds is 6. The average molecular weight is 211 g/mol. The third kappa shape index (κ3) is 2.90. The summed E-state index contributed by atoms with van der Waals surface area (Å²) in [4.78, 5) is 20.9. The third-order valence-corrected chi connectivity index (χ3v) is 2.42. The number of nitro groups is 1. The maximum Gasteiger partial charge on any atom is 0.214 e. The predicted octanol–water partition coefficient (Wildman–Crippen LogP) is 1.86. The normalized spacial score (nSPS) is 14.5. The molecule has 0 spiro atoms. The molecule has 82 valence electrons. The second kappa shape index (κ2) is 5.29. The Morgan fingerprint density at radius 2 is 2.40 bits per heavy atom. The van der Waals surface area contributed by atoms with Gasteiger partial charge in [-0.05, 0) is 18.6 Å². The van der Waals surface area contributed by atoms with Gasteiger partial charge in [0, 0.05) is 10.8 Å². The van der Waals surface area contributed by atoms with Crippen molar-refractivity contribution < 1.29 is 14.1 Å². The number of nitrogens with zero attached hydrogens (tertiary/aromatic N) is 1. The smallest absolute Gasteiger partial charge is 0.214 e. The lowest BCUT2D eigenvalue weighted by Crippen LogP contribution is -2.21. The molecule has 1 rings (SSSR count). The lowest BCUT2D eigenvalue weighted by atomic mass is 9.89. The minimum atomic E-state index is -0.461. The van der Waals surface area contributed by atoms with Crippen LogP contribution >= 0.6 is 0 Å². The molecule has 0 saturated carbocycles. The quantitative estimate of drug-likeness (QED) is 0.409. The molecule has 2 atom stereocenters. The molecule has 0 aliphatic heterocycles.